The zero-order valence-electron chi connectivity index (χ0n) is 9.22. The van der Waals surface area contributed by atoms with Crippen LogP contribution in [0.4, 0.5) is 0 Å². The van der Waals surface area contributed by atoms with E-state index in [2.05, 4.69) is 9.97 Å². The highest BCUT2D eigenvalue weighted by molar-refractivity contribution is 7.19. The zero-order valence-corrected chi connectivity index (χ0v) is 10.8. The lowest BCUT2D eigenvalue weighted by atomic mass is 10.1. The SMILES string of the molecule is Cc1nc(Cl)c2c3c(sc2n1)CCCCC3. The summed E-state index contributed by atoms with van der Waals surface area (Å²) in [6, 6.07) is 0. The molecule has 0 fully saturated rings. The lowest BCUT2D eigenvalue weighted by Gasteiger charge is -2.00. The van der Waals surface area contributed by atoms with Gasteiger partial charge in [0.1, 0.15) is 15.8 Å². The van der Waals surface area contributed by atoms with Gasteiger partial charge in [-0.3, -0.25) is 0 Å². The first-order chi connectivity index (χ1) is 7.75. The quantitative estimate of drug-likeness (QED) is 0.525. The van der Waals surface area contributed by atoms with Crippen molar-refractivity contribution in [3.05, 3.63) is 21.4 Å². The molecular weight excluding hydrogens is 240 g/mol. The predicted molar refractivity (Wildman–Crippen MR) is 68.4 cm³/mol. The fraction of sp³-hybridized carbons (Fsp3) is 0.500. The molecule has 0 bridgehead atoms. The number of rotatable bonds is 0. The number of fused-ring (bicyclic) bond motifs is 3. The Morgan fingerprint density at radius 2 is 1.94 bits per heavy atom. The van der Waals surface area contributed by atoms with Crippen LogP contribution in [0.5, 0.6) is 0 Å². The van der Waals surface area contributed by atoms with E-state index in [1.807, 2.05) is 6.92 Å². The first-order valence-corrected chi connectivity index (χ1v) is 6.89. The van der Waals surface area contributed by atoms with Gasteiger partial charge in [-0.1, -0.05) is 18.0 Å². The van der Waals surface area contributed by atoms with E-state index in [1.165, 1.54) is 36.1 Å². The molecule has 0 spiro atoms. The van der Waals surface area contributed by atoms with Crippen LogP contribution >= 0.6 is 22.9 Å². The van der Waals surface area contributed by atoms with Gasteiger partial charge in [0.05, 0.1) is 5.39 Å². The van der Waals surface area contributed by atoms with Gasteiger partial charge >= 0.3 is 0 Å². The highest BCUT2D eigenvalue weighted by Gasteiger charge is 2.18. The van der Waals surface area contributed by atoms with Crippen LogP contribution in [0.15, 0.2) is 0 Å². The average molecular weight is 253 g/mol. The molecule has 84 valence electrons. The van der Waals surface area contributed by atoms with Crippen molar-refractivity contribution in [2.45, 2.75) is 39.0 Å². The molecule has 4 heteroatoms. The van der Waals surface area contributed by atoms with E-state index in [4.69, 9.17) is 11.6 Å². The third-order valence-electron chi connectivity index (χ3n) is 3.13. The standard InChI is InChI=1S/C12H13ClN2S/c1-7-14-11(13)10-8-5-3-2-4-6-9(8)16-12(10)15-7/h2-6H2,1H3. The molecule has 0 amide bonds. The van der Waals surface area contributed by atoms with Gasteiger partial charge in [-0.2, -0.15) is 0 Å². The molecule has 0 unspecified atom stereocenters. The number of hydrogen-bond acceptors (Lipinski definition) is 3. The third kappa shape index (κ3) is 1.62. The molecular formula is C12H13ClN2S. The maximum absolute atomic E-state index is 6.25. The summed E-state index contributed by atoms with van der Waals surface area (Å²) in [6.07, 6.45) is 6.22. The van der Waals surface area contributed by atoms with Crippen molar-refractivity contribution in [3.8, 4) is 0 Å². The monoisotopic (exact) mass is 252 g/mol. The number of halogens is 1. The van der Waals surface area contributed by atoms with Crippen molar-refractivity contribution in [1.82, 2.24) is 9.97 Å². The van der Waals surface area contributed by atoms with Crippen molar-refractivity contribution in [1.29, 1.82) is 0 Å². The van der Waals surface area contributed by atoms with Crippen molar-refractivity contribution in [2.24, 2.45) is 0 Å². The Hall–Kier alpha value is -0.670. The number of hydrogen-bond donors (Lipinski definition) is 0. The van der Waals surface area contributed by atoms with E-state index in [1.54, 1.807) is 11.3 Å². The summed E-state index contributed by atoms with van der Waals surface area (Å²) in [7, 11) is 0. The minimum atomic E-state index is 0.641. The van der Waals surface area contributed by atoms with Crippen LogP contribution in [-0.4, -0.2) is 9.97 Å². The predicted octanol–water partition coefficient (Wildman–Crippen LogP) is 3.92. The average Bonchev–Trinajstić information content (AvgIpc) is 2.42. The topological polar surface area (TPSA) is 25.8 Å². The van der Waals surface area contributed by atoms with Gasteiger partial charge in [-0.05, 0) is 38.2 Å². The second-order valence-corrected chi connectivity index (χ2v) is 5.75. The number of thiophene rings is 1. The molecule has 0 saturated heterocycles. The number of nitrogens with zero attached hydrogens (tertiary/aromatic N) is 2. The van der Waals surface area contributed by atoms with Crippen LogP contribution in [0.25, 0.3) is 10.2 Å². The molecule has 2 aromatic rings. The highest BCUT2D eigenvalue weighted by Crippen LogP contribution is 2.37. The molecule has 2 heterocycles. The normalized spacial score (nSPS) is 16.1. The molecule has 0 aromatic carbocycles. The van der Waals surface area contributed by atoms with Gasteiger partial charge in [0, 0.05) is 4.88 Å². The first kappa shape index (κ1) is 10.5. The Kier molecular flexibility index (Phi) is 2.60. The van der Waals surface area contributed by atoms with Crippen LogP contribution in [-0.2, 0) is 12.8 Å². The highest BCUT2D eigenvalue weighted by atomic mass is 35.5. The van der Waals surface area contributed by atoms with Crippen LogP contribution in [0.2, 0.25) is 5.15 Å². The van der Waals surface area contributed by atoms with E-state index in [0.717, 1.165) is 22.5 Å². The summed E-state index contributed by atoms with van der Waals surface area (Å²) >= 11 is 8.06. The largest absolute Gasteiger partial charge is 0.222 e. The van der Waals surface area contributed by atoms with Gasteiger partial charge < -0.3 is 0 Å². The lowest BCUT2D eigenvalue weighted by Crippen LogP contribution is -1.90. The Bertz CT molecular complexity index is 547. The second-order valence-electron chi connectivity index (χ2n) is 4.31. The van der Waals surface area contributed by atoms with E-state index >= 15 is 0 Å². The number of aromatic nitrogens is 2. The van der Waals surface area contributed by atoms with Crippen LogP contribution in [0, 0.1) is 6.92 Å². The summed E-state index contributed by atoms with van der Waals surface area (Å²) in [6.45, 7) is 1.90. The smallest absolute Gasteiger partial charge is 0.141 e. The van der Waals surface area contributed by atoms with Gasteiger partial charge in [0.2, 0.25) is 0 Å². The summed E-state index contributed by atoms with van der Waals surface area (Å²) in [5.41, 5.74) is 1.42. The Morgan fingerprint density at radius 1 is 1.12 bits per heavy atom. The third-order valence-corrected chi connectivity index (χ3v) is 4.59. The van der Waals surface area contributed by atoms with E-state index in [0.29, 0.717) is 5.15 Å². The maximum Gasteiger partial charge on any atom is 0.141 e. The second kappa shape index (κ2) is 3.97. The van der Waals surface area contributed by atoms with Crippen molar-refractivity contribution < 1.29 is 0 Å². The zero-order chi connectivity index (χ0) is 11.1. The first-order valence-electron chi connectivity index (χ1n) is 5.70. The molecule has 0 radical (unpaired) electrons. The fourth-order valence-corrected chi connectivity index (χ4v) is 4.08. The summed E-state index contributed by atoms with van der Waals surface area (Å²) in [5.74, 6) is 0.772. The van der Waals surface area contributed by atoms with E-state index < -0.39 is 0 Å². The van der Waals surface area contributed by atoms with Crippen LogP contribution in [0.1, 0.15) is 35.5 Å². The van der Waals surface area contributed by atoms with Gasteiger partial charge in [-0.25, -0.2) is 9.97 Å². The van der Waals surface area contributed by atoms with Gasteiger partial charge in [0.15, 0.2) is 0 Å². The molecule has 2 nitrogen and oxygen atoms in total. The molecule has 0 atom stereocenters. The summed E-state index contributed by atoms with van der Waals surface area (Å²) < 4.78 is 0. The molecule has 0 saturated carbocycles. The Morgan fingerprint density at radius 3 is 2.81 bits per heavy atom. The Balaban J connectivity index is 2.29. The molecule has 0 N–H and O–H groups in total. The maximum atomic E-state index is 6.25. The Labute approximate surface area is 104 Å². The van der Waals surface area contributed by atoms with Gasteiger partial charge in [-0.15, -0.1) is 11.3 Å². The van der Waals surface area contributed by atoms with E-state index in [-0.39, 0.29) is 0 Å². The molecule has 0 aliphatic heterocycles. The lowest BCUT2D eigenvalue weighted by molar-refractivity contribution is 0.713. The molecule has 16 heavy (non-hydrogen) atoms. The van der Waals surface area contributed by atoms with Crippen LogP contribution < -0.4 is 0 Å². The van der Waals surface area contributed by atoms with Crippen molar-refractivity contribution in [2.75, 3.05) is 0 Å². The van der Waals surface area contributed by atoms with Crippen LogP contribution in [0.3, 0.4) is 0 Å². The van der Waals surface area contributed by atoms with Crippen molar-refractivity contribution in [3.63, 3.8) is 0 Å². The molecule has 3 rings (SSSR count). The minimum Gasteiger partial charge on any atom is -0.222 e. The molecule has 1 aliphatic carbocycles. The number of aryl methyl sites for hydroxylation is 3. The van der Waals surface area contributed by atoms with Gasteiger partial charge in [0.25, 0.3) is 0 Å². The fourth-order valence-electron chi connectivity index (χ4n) is 2.39. The summed E-state index contributed by atoms with van der Waals surface area (Å²) in [4.78, 5) is 11.3. The minimum absolute atomic E-state index is 0.641. The summed E-state index contributed by atoms with van der Waals surface area (Å²) in [5, 5.41) is 1.76. The molecule has 2 aromatic heterocycles. The molecule has 1 aliphatic rings. The van der Waals surface area contributed by atoms with Crippen molar-refractivity contribution >= 4 is 33.2 Å². The van der Waals surface area contributed by atoms with E-state index in [9.17, 15) is 0 Å².